The number of carbonyl (C=O) groups is 1. The summed E-state index contributed by atoms with van der Waals surface area (Å²) in [6, 6.07) is 15.3. The maximum Gasteiger partial charge on any atom is 0.252 e. The Morgan fingerprint density at radius 2 is 1.74 bits per heavy atom. The van der Waals surface area contributed by atoms with Gasteiger partial charge >= 0.3 is 0 Å². The smallest absolute Gasteiger partial charge is 0.252 e. The van der Waals surface area contributed by atoms with Crippen LogP contribution in [0.3, 0.4) is 0 Å². The van der Waals surface area contributed by atoms with E-state index in [2.05, 4.69) is 17.9 Å². The first kappa shape index (κ1) is 13.7. The topological polar surface area (TPSA) is 29.1 Å². The number of aryl methyl sites for hydroxylation is 1. The summed E-state index contributed by atoms with van der Waals surface area (Å²) in [7, 11) is 0. The number of rotatable bonds is 3. The van der Waals surface area contributed by atoms with E-state index < -0.39 is 0 Å². The van der Waals surface area contributed by atoms with Gasteiger partial charge in [-0.05, 0) is 37.1 Å². The highest BCUT2D eigenvalue weighted by atomic mass is 32.1. The van der Waals surface area contributed by atoms with Crippen molar-refractivity contribution >= 4 is 18.5 Å². The first-order valence-electron chi connectivity index (χ1n) is 6.24. The number of hydrogen-bond donors (Lipinski definition) is 2. The van der Waals surface area contributed by atoms with E-state index in [-0.39, 0.29) is 11.9 Å². The summed E-state index contributed by atoms with van der Waals surface area (Å²) in [5, 5.41) is 3.01. The van der Waals surface area contributed by atoms with Crippen LogP contribution < -0.4 is 5.32 Å². The SMILES string of the molecule is Cc1ccccc1C(C)NC(=O)c1ccccc1S. The fraction of sp³-hybridized carbons (Fsp3) is 0.188. The molecule has 0 fully saturated rings. The third-order valence-electron chi connectivity index (χ3n) is 3.15. The van der Waals surface area contributed by atoms with Gasteiger partial charge < -0.3 is 5.32 Å². The van der Waals surface area contributed by atoms with Gasteiger partial charge in [0, 0.05) is 4.90 Å². The maximum absolute atomic E-state index is 12.2. The molecule has 2 nitrogen and oxygen atoms in total. The van der Waals surface area contributed by atoms with Gasteiger partial charge in [-0.3, -0.25) is 4.79 Å². The molecule has 2 aromatic carbocycles. The van der Waals surface area contributed by atoms with Crippen LogP contribution in [-0.2, 0) is 0 Å². The lowest BCUT2D eigenvalue weighted by molar-refractivity contribution is 0.0937. The van der Waals surface area contributed by atoms with Crippen LogP contribution in [-0.4, -0.2) is 5.91 Å². The van der Waals surface area contributed by atoms with Crippen LogP contribution in [0.2, 0.25) is 0 Å². The van der Waals surface area contributed by atoms with E-state index in [9.17, 15) is 4.79 Å². The molecule has 2 aromatic rings. The summed E-state index contributed by atoms with van der Waals surface area (Å²) in [5.41, 5.74) is 2.91. The fourth-order valence-corrected chi connectivity index (χ4v) is 2.35. The minimum atomic E-state index is -0.0960. The minimum absolute atomic E-state index is 0.0263. The zero-order valence-electron chi connectivity index (χ0n) is 11.1. The van der Waals surface area contributed by atoms with Crippen molar-refractivity contribution in [2.24, 2.45) is 0 Å². The number of hydrogen-bond acceptors (Lipinski definition) is 2. The van der Waals surface area contributed by atoms with Crippen molar-refractivity contribution in [1.29, 1.82) is 0 Å². The largest absolute Gasteiger partial charge is 0.345 e. The Morgan fingerprint density at radius 3 is 2.42 bits per heavy atom. The molecule has 19 heavy (non-hydrogen) atoms. The van der Waals surface area contributed by atoms with Gasteiger partial charge in [0.25, 0.3) is 5.91 Å². The summed E-state index contributed by atoms with van der Waals surface area (Å²) in [4.78, 5) is 12.9. The maximum atomic E-state index is 12.2. The molecule has 1 unspecified atom stereocenters. The molecule has 0 heterocycles. The molecule has 1 atom stereocenters. The molecule has 98 valence electrons. The molecule has 0 aliphatic carbocycles. The van der Waals surface area contributed by atoms with Gasteiger partial charge in [0.05, 0.1) is 11.6 Å². The highest BCUT2D eigenvalue weighted by Gasteiger charge is 2.14. The zero-order chi connectivity index (χ0) is 13.8. The van der Waals surface area contributed by atoms with E-state index in [1.165, 1.54) is 5.56 Å². The molecule has 0 saturated heterocycles. The lowest BCUT2D eigenvalue weighted by Crippen LogP contribution is -2.27. The summed E-state index contributed by atoms with van der Waals surface area (Å²) >= 11 is 4.31. The summed E-state index contributed by atoms with van der Waals surface area (Å²) in [6.45, 7) is 4.03. The molecular weight excluding hydrogens is 254 g/mol. The normalized spacial score (nSPS) is 11.9. The van der Waals surface area contributed by atoms with Crippen molar-refractivity contribution in [3.63, 3.8) is 0 Å². The fourth-order valence-electron chi connectivity index (χ4n) is 2.09. The quantitative estimate of drug-likeness (QED) is 0.817. The number of carbonyl (C=O) groups excluding carboxylic acids is 1. The van der Waals surface area contributed by atoms with E-state index >= 15 is 0 Å². The average molecular weight is 271 g/mol. The Bertz CT molecular complexity index is 595. The average Bonchev–Trinajstić information content (AvgIpc) is 2.39. The van der Waals surface area contributed by atoms with Crippen molar-refractivity contribution in [2.45, 2.75) is 24.8 Å². The molecule has 0 aliphatic rings. The molecular formula is C16H17NOS. The van der Waals surface area contributed by atoms with Crippen LogP contribution in [0.5, 0.6) is 0 Å². The molecule has 2 rings (SSSR count). The molecule has 0 saturated carbocycles. The third kappa shape index (κ3) is 3.18. The van der Waals surface area contributed by atoms with Crippen molar-refractivity contribution in [2.75, 3.05) is 0 Å². The summed E-state index contributed by atoms with van der Waals surface area (Å²) in [6.07, 6.45) is 0. The van der Waals surface area contributed by atoms with Crippen molar-refractivity contribution in [3.8, 4) is 0 Å². The number of benzene rings is 2. The molecule has 0 aliphatic heterocycles. The standard InChI is InChI=1S/C16H17NOS/c1-11-7-3-4-8-13(11)12(2)17-16(18)14-9-5-6-10-15(14)19/h3-10,12,19H,1-2H3,(H,17,18). The second-order valence-electron chi connectivity index (χ2n) is 4.57. The number of nitrogens with one attached hydrogen (secondary N) is 1. The van der Waals surface area contributed by atoms with Crippen LogP contribution in [0.4, 0.5) is 0 Å². The Kier molecular flexibility index (Phi) is 4.27. The second-order valence-corrected chi connectivity index (χ2v) is 5.05. The molecule has 3 heteroatoms. The lowest BCUT2D eigenvalue weighted by atomic mass is 10.0. The van der Waals surface area contributed by atoms with Gasteiger partial charge in [0.2, 0.25) is 0 Å². The molecule has 1 amide bonds. The van der Waals surface area contributed by atoms with Crippen LogP contribution in [0.1, 0.15) is 34.5 Å². The van der Waals surface area contributed by atoms with Crippen molar-refractivity contribution in [3.05, 3.63) is 65.2 Å². The van der Waals surface area contributed by atoms with E-state index in [1.807, 2.05) is 56.3 Å². The minimum Gasteiger partial charge on any atom is -0.345 e. The van der Waals surface area contributed by atoms with E-state index in [0.29, 0.717) is 10.5 Å². The van der Waals surface area contributed by atoms with Gasteiger partial charge in [-0.25, -0.2) is 0 Å². The molecule has 1 N–H and O–H groups in total. The van der Waals surface area contributed by atoms with Gasteiger partial charge in [-0.1, -0.05) is 36.4 Å². The van der Waals surface area contributed by atoms with Gasteiger partial charge in [0.15, 0.2) is 0 Å². The predicted molar refractivity (Wildman–Crippen MR) is 80.8 cm³/mol. The predicted octanol–water partition coefficient (Wildman–Crippen LogP) is 3.77. The van der Waals surface area contributed by atoms with Gasteiger partial charge in [-0.2, -0.15) is 0 Å². The zero-order valence-corrected chi connectivity index (χ0v) is 11.9. The van der Waals surface area contributed by atoms with E-state index in [1.54, 1.807) is 6.07 Å². The van der Waals surface area contributed by atoms with Crippen LogP contribution >= 0.6 is 12.6 Å². The van der Waals surface area contributed by atoms with Crippen LogP contribution in [0, 0.1) is 6.92 Å². The molecule has 0 radical (unpaired) electrons. The molecule has 0 aromatic heterocycles. The Labute approximate surface area is 119 Å². The Morgan fingerprint density at radius 1 is 1.11 bits per heavy atom. The first-order chi connectivity index (χ1) is 9.09. The van der Waals surface area contributed by atoms with Gasteiger partial charge in [0.1, 0.15) is 0 Å². The lowest BCUT2D eigenvalue weighted by Gasteiger charge is -2.17. The number of thiol groups is 1. The molecule has 0 spiro atoms. The van der Waals surface area contributed by atoms with E-state index in [4.69, 9.17) is 0 Å². The van der Waals surface area contributed by atoms with Crippen LogP contribution in [0.25, 0.3) is 0 Å². The highest BCUT2D eigenvalue weighted by molar-refractivity contribution is 7.80. The monoisotopic (exact) mass is 271 g/mol. The third-order valence-corrected chi connectivity index (χ3v) is 3.54. The van der Waals surface area contributed by atoms with Gasteiger partial charge in [-0.15, -0.1) is 12.6 Å². The second kappa shape index (κ2) is 5.93. The van der Waals surface area contributed by atoms with Crippen molar-refractivity contribution < 1.29 is 4.79 Å². The van der Waals surface area contributed by atoms with E-state index in [0.717, 1.165) is 5.56 Å². The summed E-state index contributed by atoms with van der Waals surface area (Å²) < 4.78 is 0. The van der Waals surface area contributed by atoms with Crippen LogP contribution in [0.15, 0.2) is 53.4 Å². The number of amides is 1. The van der Waals surface area contributed by atoms with Crippen molar-refractivity contribution in [1.82, 2.24) is 5.32 Å². The Balaban J connectivity index is 2.16. The first-order valence-corrected chi connectivity index (χ1v) is 6.68. The highest BCUT2D eigenvalue weighted by Crippen LogP contribution is 2.19. The summed E-state index contributed by atoms with van der Waals surface area (Å²) in [5.74, 6) is -0.0960. The Hall–Kier alpha value is -1.74. The molecule has 0 bridgehead atoms.